The standard InChI is InChI=1S/C33H25ClN2O4S2/c1-3-39-32(38)28-29(20-8-5-4-6-9-20)35-33-36(30(28)21-12-15-25(41-2)16-13-21)31(37)27(42-33)19-24-14-17-26(40-24)22-10-7-11-23(34)18-22/h4-19,30H,3H2,1-2H3/b27-19-/t30-/m0/s1. The molecular formula is C33H25ClN2O4S2. The lowest BCUT2D eigenvalue weighted by Crippen LogP contribution is -2.40. The van der Waals surface area contributed by atoms with E-state index in [9.17, 15) is 9.59 Å². The molecule has 42 heavy (non-hydrogen) atoms. The smallest absolute Gasteiger partial charge is 0.338 e. The van der Waals surface area contributed by atoms with Gasteiger partial charge in [-0.3, -0.25) is 9.36 Å². The van der Waals surface area contributed by atoms with Gasteiger partial charge in [-0.2, -0.15) is 0 Å². The number of carbonyl (C=O) groups is 1. The van der Waals surface area contributed by atoms with Crippen LogP contribution in [0.3, 0.4) is 0 Å². The van der Waals surface area contributed by atoms with Crippen LogP contribution in [0.25, 0.3) is 23.1 Å². The quantitative estimate of drug-likeness (QED) is 0.154. The number of esters is 1. The zero-order valence-corrected chi connectivity index (χ0v) is 25.1. The Morgan fingerprint density at radius 2 is 1.81 bits per heavy atom. The summed E-state index contributed by atoms with van der Waals surface area (Å²) in [5.41, 5.74) is 2.92. The largest absolute Gasteiger partial charge is 0.463 e. The van der Waals surface area contributed by atoms with Crippen molar-refractivity contribution in [1.82, 2.24) is 4.57 Å². The summed E-state index contributed by atoms with van der Waals surface area (Å²) >= 11 is 9.03. The molecule has 1 atom stereocenters. The Morgan fingerprint density at radius 1 is 1.05 bits per heavy atom. The van der Waals surface area contributed by atoms with Crippen molar-refractivity contribution < 1.29 is 13.9 Å². The summed E-state index contributed by atoms with van der Waals surface area (Å²) in [5.74, 6) is 0.647. The molecule has 0 N–H and O–H groups in total. The number of ether oxygens (including phenoxy) is 1. The first-order valence-corrected chi connectivity index (χ1v) is 15.7. The van der Waals surface area contributed by atoms with Gasteiger partial charge in [-0.05, 0) is 55.1 Å². The number of carbonyl (C=O) groups excluding carboxylic acids is 1. The summed E-state index contributed by atoms with van der Waals surface area (Å²) in [6.07, 6.45) is 3.71. The fraction of sp³-hybridized carbons (Fsp3) is 0.121. The van der Waals surface area contributed by atoms with Crippen molar-refractivity contribution in [2.24, 2.45) is 4.99 Å². The highest BCUT2D eigenvalue weighted by atomic mass is 35.5. The maximum absolute atomic E-state index is 14.1. The molecule has 0 amide bonds. The number of thioether (sulfide) groups is 1. The average Bonchev–Trinajstić information content (AvgIpc) is 3.61. The van der Waals surface area contributed by atoms with Crippen molar-refractivity contribution in [2.45, 2.75) is 17.9 Å². The second-order valence-corrected chi connectivity index (χ2v) is 11.7. The van der Waals surface area contributed by atoms with E-state index in [-0.39, 0.29) is 12.2 Å². The van der Waals surface area contributed by atoms with Gasteiger partial charge in [0.1, 0.15) is 11.5 Å². The van der Waals surface area contributed by atoms with Gasteiger partial charge in [-0.1, -0.05) is 77.5 Å². The van der Waals surface area contributed by atoms with Crippen LogP contribution in [0.2, 0.25) is 5.02 Å². The molecule has 0 aliphatic carbocycles. The lowest BCUT2D eigenvalue weighted by Gasteiger charge is -2.26. The van der Waals surface area contributed by atoms with E-state index < -0.39 is 12.0 Å². The van der Waals surface area contributed by atoms with Gasteiger partial charge in [0.2, 0.25) is 0 Å². The molecule has 0 spiro atoms. The first-order valence-electron chi connectivity index (χ1n) is 13.2. The summed E-state index contributed by atoms with van der Waals surface area (Å²) in [4.78, 5) is 34.1. The summed E-state index contributed by atoms with van der Waals surface area (Å²) in [5, 5.41) is 0.607. The van der Waals surface area contributed by atoms with Gasteiger partial charge in [0, 0.05) is 27.1 Å². The third kappa shape index (κ3) is 5.41. The Kier molecular flexibility index (Phi) is 8.02. The number of benzene rings is 3. The van der Waals surface area contributed by atoms with Crippen LogP contribution in [-0.4, -0.2) is 23.4 Å². The van der Waals surface area contributed by atoms with Gasteiger partial charge in [0.15, 0.2) is 4.80 Å². The highest BCUT2D eigenvalue weighted by Gasteiger charge is 2.35. The number of furan rings is 1. The Balaban J connectivity index is 1.56. The number of hydrogen-bond donors (Lipinski definition) is 0. The highest BCUT2D eigenvalue weighted by Crippen LogP contribution is 2.35. The molecule has 3 heterocycles. The molecule has 3 aromatic carbocycles. The van der Waals surface area contributed by atoms with Crippen LogP contribution in [0.1, 0.15) is 29.9 Å². The van der Waals surface area contributed by atoms with Crippen molar-refractivity contribution in [2.75, 3.05) is 12.9 Å². The first-order chi connectivity index (χ1) is 20.5. The minimum Gasteiger partial charge on any atom is -0.463 e. The maximum atomic E-state index is 14.1. The number of halogens is 1. The molecule has 0 fully saturated rings. The molecule has 0 unspecified atom stereocenters. The summed E-state index contributed by atoms with van der Waals surface area (Å²) in [7, 11) is 0. The fourth-order valence-electron chi connectivity index (χ4n) is 4.90. The number of fused-ring (bicyclic) bond motifs is 1. The number of thiazole rings is 1. The second kappa shape index (κ2) is 12.0. The Hall–Kier alpha value is -4.11. The van der Waals surface area contributed by atoms with E-state index in [1.807, 2.05) is 91.2 Å². The highest BCUT2D eigenvalue weighted by molar-refractivity contribution is 7.98. The maximum Gasteiger partial charge on any atom is 0.338 e. The minimum atomic E-state index is -0.729. The molecule has 0 saturated carbocycles. The van der Waals surface area contributed by atoms with Crippen molar-refractivity contribution in [3.63, 3.8) is 0 Å². The molecule has 5 aromatic rings. The number of hydrogen-bond acceptors (Lipinski definition) is 7. The molecule has 6 nitrogen and oxygen atoms in total. The van der Waals surface area contributed by atoms with E-state index >= 15 is 0 Å². The number of rotatable bonds is 7. The third-order valence-corrected chi connectivity index (χ3v) is 8.78. The minimum absolute atomic E-state index is 0.195. The molecule has 210 valence electrons. The summed E-state index contributed by atoms with van der Waals surface area (Å²) < 4.78 is 13.6. The van der Waals surface area contributed by atoms with Crippen LogP contribution in [0.15, 0.2) is 116 Å². The van der Waals surface area contributed by atoms with Gasteiger partial charge in [0.25, 0.3) is 5.56 Å². The van der Waals surface area contributed by atoms with Gasteiger partial charge >= 0.3 is 5.97 Å². The van der Waals surface area contributed by atoms with Crippen molar-refractivity contribution in [3.05, 3.63) is 138 Å². The molecule has 0 saturated heterocycles. The lowest BCUT2D eigenvalue weighted by molar-refractivity contribution is -0.138. The molecule has 1 aliphatic heterocycles. The van der Waals surface area contributed by atoms with Crippen LogP contribution < -0.4 is 14.9 Å². The zero-order chi connectivity index (χ0) is 29.2. The van der Waals surface area contributed by atoms with Gasteiger partial charge in [0.05, 0.1) is 28.5 Å². The Labute approximate surface area is 255 Å². The molecule has 2 aromatic heterocycles. The molecule has 0 radical (unpaired) electrons. The predicted molar refractivity (Wildman–Crippen MR) is 168 cm³/mol. The number of aromatic nitrogens is 1. The van der Waals surface area contributed by atoms with E-state index in [0.29, 0.717) is 37.1 Å². The normalized spacial score (nSPS) is 14.9. The first kappa shape index (κ1) is 28.0. The second-order valence-electron chi connectivity index (χ2n) is 9.42. The average molecular weight is 613 g/mol. The van der Waals surface area contributed by atoms with Crippen LogP contribution in [-0.2, 0) is 9.53 Å². The molecule has 1 aliphatic rings. The molecule has 6 rings (SSSR count). The fourth-order valence-corrected chi connectivity index (χ4v) is 6.48. The van der Waals surface area contributed by atoms with Gasteiger partial charge in [-0.25, -0.2) is 9.79 Å². The molecular weight excluding hydrogens is 588 g/mol. The van der Waals surface area contributed by atoms with Crippen molar-refractivity contribution in [1.29, 1.82) is 0 Å². The summed E-state index contributed by atoms with van der Waals surface area (Å²) in [6, 6.07) is 27.7. The van der Waals surface area contributed by atoms with Crippen LogP contribution in [0, 0.1) is 0 Å². The molecule has 9 heteroatoms. The van der Waals surface area contributed by atoms with Crippen molar-refractivity contribution in [3.8, 4) is 11.3 Å². The van der Waals surface area contributed by atoms with Crippen molar-refractivity contribution >= 4 is 52.4 Å². The van der Waals surface area contributed by atoms with Crippen LogP contribution >= 0.6 is 34.7 Å². The zero-order valence-electron chi connectivity index (χ0n) is 22.7. The predicted octanol–water partition coefficient (Wildman–Crippen LogP) is 6.57. The third-order valence-electron chi connectivity index (χ3n) is 6.81. The van der Waals surface area contributed by atoms with E-state index in [1.54, 1.807) is 35.4 Å². The molecule has 0 bridgehead atoms. The SMILES string of the molecule is CCOC(=O)C1=C(c2ccccc2)N=c2s/c(=C\c3ccc(-c4cccc(Cl)c4)o3)c(=O)n2[C@H]1c1ccc(SC)cc1. The number of nitrogens with zero attached hydrogens (tertiary/aromatic N) is 2. The van der Waals surface area contributed by atoms with Gasteiger partial charge < -0.3 is 9.15 Å². The lowest BCUT2D eigenvalue weighted by atomic mass is 9.93. The Bertz CT molecular complexity index is 1990. The van der Waals surface area contributed by atoms with Crippen LogP contribution in [0.4, 0.5) is 0 Å². The summed E-state index contributed by atoms with van der Waals surface area (Å²) in [6.45, 7) is 1.96. The van der Waals surface area contributed by atoms with E-state index in [0.717, 1.165) is 21.6 Å². The van der Waals surface area contributed by atoms with Crippen LogP contribution in [0.5, 0.6) is 0 Å². The van der Waals surface area contributed by atoms with E-state index in [4.69, 9.17) is 25.7 Å². The topological polar surface area (TPSA) is 73.8 Å². The van der Waals surface area contributed by atoms with E-state index in [2.05, 4.69) is 0 Å². The van der Waals surface area contributed by atoms with Gasteiger partial charge in [-0.15, -0.1) is 11.8 Å². The monoisotopic (exact) mass is 612 g/mol. The van der Waals surface area contributed by atoms with E-state index in [1.165, 1.54) is 11.3 Å². The Morgan fingerprint density at radius 3 is 2.52 bits per heavy atom.